The van der Waals surface area contributed by atoms with Crippen molar-refractivity contribution in [3.05, 3.63) is 47.7 Å². The van der Waals surface area contributed by atoms with Crippen LogP contribution in [0.15, 0.2) is 34.7 Å². The average molecular weight is 247 g/mol. The van der Waals surface area contributed by atoms with Crippen molar-refractivity contribution in [2.45, 2.75) is 25.5 Å². The van der Waals surface area contributed by atoms with Crippen LogP contribution in [0.25, 0.3) is 0 Å². The fourth-order valence-corrected chi connectivity index (χ4v) is 1.68. The molecule has 0 saturated carbocycles. The highest BCUT2D eigenvalue weighted by atomic mass is 16.5. The van der Waals surface area contributed by atoms with Crippen molar-refractivity contribution in [3.63, 3.8) is 0 Å². The van der Waals surface area contributed by atoms with Gasteiger partial charge in [-0.15, -0.1) is 10.2 Å². The third kappa shape index (κ3) is 2.57. The zero-order chi connectivity index (χ0) is 13.0. The number of rotatable bonds is 5. The standard InChI is InChI=1S/C13H17N3O2/c1-3-10(14)12-15-16-13(18-12)11(17-2)9-7-5-4-6-8-9/h4-8,10-11H,3,14H2,1-2H3. The van der Waals surface area contributed by atoms with Crippen molar-refractivity contribution in [2.24, 2.45) is 5.73 Å². The third-order valence-electron chi connectivity index (χ3n) is 2.78. The van der Waals surface area contributed by atoms with Crippen LogP contribution in [0.1, 0.15) is 42.8 Å². The van der Waals surface area contributed by atoms with Gasteiger partial charge in [0, 0.05) is 7.11 Å². The predicted molar refractivity (Wildman–Crippen MR) is 66.8 cm³/mol. The summed E-state index contributed by atoms with van der Waals surface area (Å²) in [5, 5.41) is 7.97. The third-order valence-corrected chi connectivity index (χ3v) is 2.78. The predicted octanol–water partition coefficient (Wildman–Crippen LogP) is 2.22. The first kappa shape index (κ1) is 12.7. The summed E-state index contributed by atoms with van der Waals surface area (Å²) in [6.07, 6.45) is 0.404. The Kier molecular flexibility index (Phi) is 4.07. The second-order valence-corrected chi connectivity index (χ2v) is 4.02. The van der Waals surface area contributed by atoms with E-state index in [-0.39, 0.29) is 12.1 Å². The first-order valence-electron chi connectivity index (χ1n) is 5.92. The maximum atomic E-state index is 5.85. The summed E-state index contributed by atoms with van der Waals surface area (Å²) in [5.74, 6) is 0.882. The Hall–Kier alpha value is -1.72. The van der Waals surface area contributed by atoms with Crippen LogP contribution in [0.4, 0.5) is 0 Å². The summed E-state index contributed by atoms with van der Waals surface area (Å²) in [4.78, 5) is 0. The van der Waals surface area contributed by atoms with Crippen molar-refractivity contribution < 1.29 is 9.15 Å². The number of nitrogens with zero attached hydrogens (tertiary/aromatic N) is 2. The Morgan fingerprint density at radius 3 is 2.50 bits per heavy atom. The van der Waals surface area contributed by atoms with Gasteiger partial charge >= 0.3 is 0 Å². The summed E-state index contributed by atoms with van der Waals surface area (Å²) in [7, 11) is 1.61. The van der Waals surface area contributed by atoms with Crippen LogP contribution in [0.5, 0.6) is 0 Å². The molecule has 5 heteroatoms. The number of hydrogen-bond donors (Lipinski definition) is 1. The molecule has 1 aromatic carbocycles. The molecule has 0 saturated heterocycles. The van der Waals surface area contributed by atoms with Gasteiger partial charge in [0.1, 0.15) is 0 Å². The Labute approximate surface area is 106 Å². The summed E-state index contributed by atoms with van der Waals surface area (Å²) >= 11 is 0. The van der Waals surface area contributed by atoms with E-state index < -0.39 is 0 Å². The van der Waals surface area contributed by atoms with Crippen molar-refractivity contribution in [1.29, 1.82) is 0 Å². The Balaban J connectivity index is 2.26. The van der Waals surface area contributed by atoms with E-state index in [2.05, 4.69) is 10.2 Å². The van der Waals surface area contributed by atoms with Gasteiger partial charge in [0.2, 0.25) is 11.8 Å². The molecule has 2 rings (SSSR count). The van der Waals surface area contributed by atoms with E-state index in [0.717, 1.165) is 12.0 Å². The first-order chi connectivity index (χ1) is 8.76. The average Bonchev–Trinajstić information content (AvgIpc) is 2.89. The van der Waals surface area contributed by atoms with Gasteiger partial charge in [-0.25, -0.2) is 0 Å². The lowest BCUT2D eigenvalue weighted by Crippen LogP contribution is -2.08. The van der Waals surface area contributed by atoms with E-state index in [9.17, 15) is 0 Å². The zero-order valence-corrected chi connectivity index (χ0v) is 10.5. The molecular formula is C13H17N3O2. The maximum Gasteiger partial charge on any atom is 0.249 e. The molecule has 2 atom stereocenters. The minimum atomic E-state index is -0.350. The molecule has 1 aromatic heterocycles. The van der Waals surface area contributed by atoms with E-state index in [0.29, 0.717) is 11.8 Å². The summed E-state index contributed by atoms with van der Waals surface area (Å²) in [6, 6.07) is 9.52. The highest BCUT2D eigenvalue weighted by molar-refractivity contribution is 5.21. The van der Waals surface area contributed by atoms with Gasteiger partial charge < -0.3 is 14.9 Å². The van der Waals surface area contributed by atoms with Crippen LogP contribution in [0.2, 0.25) is 0 Å². The molecule has 0 aliphatic rings. The molecule has 1 heterocycles. The van der Waals surface area contributed by atoms with Crippen molar-refractivity contribution in [1.82, 2.24) is 10.2 Å². The minimum Gasteiger partial charge on any atom is -0.420 e. The molecule has 5 nitrogen and oxygen atoms in total. The number of benzene rings is 1. The minimum absolute atomic E-state index is 0.223. The van der Waals surface area contributed by atoms with Gasteiger partial charge in [0.25, 0.3) is 0 Å². The number of aromatic nitrogens is 2. The van der Waals surface area contributed by atoms with Crippen molar-refractivity contribution in [2.75, 3.05) is 7.11 Å². The number of hydrogen-bond acceptors (Lipinski definition) is 5. The fourth-order valence-electron chi connectivity index (χ4n) is 1.68. The van der Waals surface area contributed by atoms with Crippen LogP contribution in [-0.2, 0) is 4.74 Å². The smallest absolute Gasteiger partial charge is 0.249 e. The molecule has 0 radical (unpaired) electrons. The van der Waals surface area contributed by atoms with Crippen LogP contribution in [0.3, 0.4) is 0 Å². The normalized spacial score (nSPS) is 14.4. The van der Waals surface area contributed by atoms with Gasteiger partial charge in [-0.05, 0) is 12.0 Å². The van der Waals surface area contributed by atoms with E-state index >= 15 is 0 Å². The number of nitrogens with two attached hydrogens (primary N) is 1. The van der Waals surface area contributed by atoms with E-state index in [4.69, 9.17) is 14.9 Å². The Bertz CT molecular complexity index is 484. The van der Waals surface area contributed by atoms with Gasteiger partial charge in [-0.1, -0.05) is 37.3 Å². The lowest BCUT2D eigenvalue weighted by molar-refractivity contribution is 0.110. The molecule has 2 unspecified atom stereocenters. The molecular weight excluding hydrogens is 230 g/mol. The van der Waals surface area contributed by atoms with Gasteiger partial charge in [0.05, 0.1) is 6.04 Å². The van der Waals surface area contributed by atoms with Crippen LogP contribution >= 0.6 is 0 Å². The lowest BCUT2D eigenvalue weighted by atomic mass is 10.1. The van der Waals surface area contributed by atoms with Gasteiger partial charge in [-0.2, -0.15) is 0 Å². The zero-order valence-electron chi connectivity index (χ0n) is 10.5. The monoisotopic (exact) mass is 247 g/mol. The lowest BCUT2D eigenvalue weighted by Gasteiger charge is -2.11. The Morgan fingerprint density at radius 1 is 1.22 bits per heavy atom. The molecule has 0 spiro atoms. The number of ether oxygens (including phenoxy) is 1. The van der Waals surface area contributed by atoms with E-state index in [1.807, 2.05) is 37.3 Å². The molecule has 0 fully saturated rings. The fraction of sp³-hybridized carbons (Fsp3) is 0.385. The van der Waals surface area contributed by atoms with E-state index in [1.165, 1.54) is 0 Å². The van der Waals surface area contributed by atoms with Crippen LogP contribution < -0.4 is 5.73 Å². The molecule has 0 bridgehead atoms. The maximum absolute atomic E-state index is 5.85. The topological polar surface area (TPSA) is 74.2 Å². The Morgan fingerprint density at radius 2 is 1.89 bits per heavy atom. The molecule has 96 valence electrons. The van der Waals surface area contributed by atoms with E-state index in [1.54, 1.807) is 7.11 Å². The largest absolute Gasteiger partial charge is 0.420 e. The highest BCUT2D eigenvalue weighted by Gasteiger charge is 2.21. The molecule has 18 heavy (non-hydrogen) atoms. The van der Waals surface area contributed by atoms with Crippen molar-refractivity contribution in [3.8, 4) is 0 Å². The molecule has 0 aliphatic heterocycles. The first-order valence-corrected chi connectivity index (χ1v) is 5.92. The summed E-state index contributed by atoms with van der Waals surface area (Å²) in [5.41, 5.74) is 6.82. The quantitative estimate of drug-likeness (QED) is 0.876. The van der Waals surface area contributed by atoms with Crippen molar-refractivity contribution >= 4 is 0 Å². The SMILES string of the molecule is CCC(N)c1nnc(C(OC)c2ccccc2)o1. The molecule has 0 amide bonds. The molecule has 2 N–H and O–H groups in total. The number of methoxy groups -OCH3 is 1. The summed E-state index contributed by atoms with van der Waals surface area (Å²) in [6.45, 7) is 1.97. The second-order valence-electron chi connectivity index (χ2n) is 4.02. The van der Waals surface area contributed by atoms with Crippen LogP contribution in [-0.4, -0.2) is 17.3 Å². The molecule has 2 aromatic rings. The van der Waals surface area contributed by atoms with Gasteiger partial charge in [0.15, 0.2) is 6.10 Å². The second kappa shape index (κ2) is 5.75. The van der Waals surface area contributed by atoms with Gasteiger partial charge in [-0.3, -0.25) is 0 Å². The summed E-state index contributed by atoms with van der Waals surface area (Å²) < 4.78 is 11.0. The van der Waals surface area contributed by atoms with Crippen LogP contribution in [0, 0.1) is 0 Å². The molecule has 0 aliphatic carbocycles. The highest BCUT2D eigenvalue weighted by Crippen LogP contribution is 2.25.